The van der Waals surface area contributed by atoms with Gasteiger partial charge < -0.3 is 20.4 Å². The largest absolute Gasteiger partial charge is 0.340 e. The lowest BCUT2D eigenvalue weighted by atomic mass is 9.79. The molecule has 0 radical (unpaired) electrons. The van der Waals surface area contributed by atoms with Crippen molar-refractivity contribution >= 4 is 6.21 Å². The van der Waals surface area contributed by atoms with Crippen LogP contribution in [0.15, 0.2) is 17.3 Å². The van der Waals surface area contributed by atoms with E-state index in [2.05, 4.69) is 38.5 Å². The van der Waals surface area contributed by atoms with E-state index in [9.17, 15) is 0 Å². The lowest BCUT2D eigenvalue weighted by molar-refractivity contribution is 0.0956. The third-order valence-corrected chi connectivity index (χ3v) is 7.42. The van der Waals surface area contributed by atoms with Crippen molar-refractivity contribution < 1.29 is 0 Å². The number of likely N-dealkylation sites (tertiary alicyclic amines) is 1. The molecule has 0 amide bonds. The second kappa shape index (κ2) is 9.03. The van der Waals surface area contributed by atoms with Crippen LogP contribution in [0.2, 0.25) is 0 Å². The summed E-state index contributed by atoms with van der Waals surface area (Å²) >= 11 is 0. The molecule has 0 aromatic rings. The first kappa shape index (κ1) is 19.4. The second-order valence-corrected chi connectivity index (χ2v) is 9.03. The maximum absolute atomic E-state index is 6.24. The molecule has 0 aromatic carbocycles. The number of hydrogen-bond donors (Lipinski definition) is 3. The Morgan fingerprint density at radius 1 is 1.11 bits per heavy atom. The number of hydrogen-bond acceptors (Lipinski definition) is 6. The van der Waals surface area contributed by atoms with Crippen LogP contribution in [0.5, 0.6) is 0 Å². The maximum Gasteiger partial charge on any atom is 0.173 e. The van der Waals surface area contributed by atoms with E-state index in [-0.39, 0.29) is 6.29 Å². The molecule has 6 nitrogen and oxygen atoms in total. The van der Waals surface area contributed by atoms with Gasteiger partial charge in [0.25, 0.3) is 0 Å². The first-order chi connectivity index (χ1) is 13.2. The van der Waals surface area contributed by atoms with Crippen molar-refractivity contribution in [2.45, 2.75) is 57.4 Å². The van der Waals surface area contributed by atoms with Gasteiger partial charge >= 0.3 is 0 Å². The Morgan fingerprint density at radius 3 is 2.63 bits per heavy atom. The van der Waals surface area contributed by atoms with Crippen LogP contribution in [0.4, 0.5) is 0 Å². The van der Waals surface area contributed by atoms with Gasteiger partial charge in [0.15, 0.2) is 6.29 Å². The Labute approximate surface area is 164 Å². The van der Waals surface area contributed by atoms with Gasteiger partial charge in [-0.2, -0.15) is 0 Å². The van der Waals surface area contributed by atoms with Gasteiger partial charge in [-0.25, -0.2) is 0 Å². The number of nitrogens with one attached hydrogen (secondary N) is 2. The van der Waals surface area contributed by atoms with Crippen molar-refractivity contribution in [1.82, 2.24) is 20.4 Å². The minimum absolute atomic E-state index is 0.221. The molecule has 0 aromatic heterocycles. The SMILES string of the molecule is CC(C1CCN(CC2CCNCC2)CC1)C1NCCC1N1C=CC=NC1N. The Hall–Kier alpha value is -0.950. The number of nitrogens with two attached hydrogens (primary N) is 1. The monoisotopic (exact) mass is 374 g/mol. The highest BCUT2D eigenvalue weighted by molar-refractivity contribution is 5.71. The van der Waals surface area contributed by atoms with Gasteiger partial charge in [0.1, 0.15) is 0 Å². The third-order valence-electron chi connectivity index (χ3n) is 7.42. The lowest BCUT2D eigenvalue weighted by Gasteiger charge is -2.42. The van der Waals surface area contributed by atoms with Crippen LogP contribution in [-0.2, 0) is 0 Å². The molecule has 4 rings (SSSR count). The zero-order valence-corrected chi connectivity index (χ0v) is 16.9. The Morgan fingerprint density at radius 2 is 1.89 bits per heavy atom. The second-order valence-electron chi connectivity index (χ2n) is 9.03. The normalized spacial score (nSPS) is 35.0. The quantitative estimate of drug-likeness (QED) is 0.675. The fourth-order valence-electron chi connectivity index (χ4n) is 5.72. The van der Waals surface area contributed by atoms with Crippen LogP contribution in [0, 0.1) is 17.8 Å². The summed E-state index contributed by atoms with van der Waals surface area (Å²) in [5.41, 5.74) is 6.24. The molecule has 4 atom stereocenters. The predicted octanol–water partition coefficient (Wildman–Crippen LogP) is 1.21. The molecule has 3 fully saturated rings. The highest BCUT2D eigenvalue weighted by atomic mass is 15.3. The molecule has 0 saturated carbocycles. The van der Waals surface area contributed by atoms with Crippen LogP contribution >= 0.6 is 0 Å². The first-order valence-electron chi connectivity index (χ1n) is 11.1. The fourth-order valence-corrected chi connectivity index (χ4v) is 5.72. The van der Waals surface area contributed by atoms with Crippen LogP contribution < -0.4 is 16.4 Å². The summed E-state index contributed by atoms with van der Waals surface area (Å²) in [6.45, 7) is 9.86. The van der Waals surface area contributed by atoms with Crippen LogP contribution in [-0.4, -0.2) is 73.7 Å². The van der Waals surface area contributed by atoms with Crippen LogP contribution in [0.1, 0.15) is 39.0 Å². The molecule has 152 valence electrons. The van der Waals surface area contributed by atoms with Gasteiger partial charge in [-0.3, -0.25) is 10.7 Å². The zero-order valence-electron chi connectivity index (χ0n) is 16.9. The van der Waals surface area contributed by atoms with E-state index in [0.29, 0.717) is 18.0 Å². The van der Waals surface area contributed by atoms with E-state index in [4.69, 9.17) is 5.73 Å². The molecule has 6 heteroatoms. The summed E-state index contributed by atoms with van der Waals surface area (Å²) in [6.07, 6.45) is 12.3. The van der Waals surface area contributed by atoms with E-state index in [1.807, 2.05) is 12.3 Å². The molecule has 0 bridgehead atoms. The summed E-state index contributed by atoms with van der Waals surface area (Å²) in [4.78, 5) is 9.38. The molecule has 4 N–H and O–H groups in total. The molecule has 4 aliphatic heterocycles. The van der Waals surface area contributed by atoms with Crippen molar-refractivity contribution in [3.63, 3.8) is 0 Å². The average Bonchev–Trinajstić information content (AvgIpc) is 3.19. The summed E-state index contributed by atoms with van der Waals surface area (Å²) < 4.78 is 0. The maximum atomic E-state index is 6.24. The minimum atomic E-state index is -0.221. The van der Waals surface area contributed by atoms with Gasteiger partial charge in [0.05, 0.1) is 0 Å². The summed E-state index contributed by atoms with van der Waals surface area (Å²) in [6, 6.07) is 0.992. The van der Waals surface area contributed by atoms with Gasteiger partial charge in [0.2, 0.25) is 0 Å². The molecular formula is C21H38N6. The van der Waals surface area contributed by atoms with E-state index < -0.39 is 0 Å². The highest BCUT2D eigenvalue weighted by Crippen LogP contribution is 2.33. The standard InChI is InChI=1S/C21H38N6/c1-16(20-19(5-11-24-20)27-12-2-8-25-21(27)22)18-6-13-26(14-7-18)15-17-3-9-23-10-4-17/h2,8,12,16-21,23-24H,3-7,9-11,13-15,22H2,1H3. The van der Waals surface area contributed by atoms with Crippen molar-refractivity contribution in [2.24, 2.45) is 28.5 Å². The number of rotatable bonds is 5. The van der Waals surface area contributed by atoms with E-state index in [1.54, 1.807) is 0 Å². The number of allylic oxidation sites excluding steroid dienone is 1. The van der Waals surface area contributed by atoms with Crippen molar-refractivity contribution in [3.8, 4) is 0 Å². The van der Waals surface area contributed by atoms with Crippen molar-refractivity contribution in [1.29, 1.82) is 0 Å². The summed E-state index contributed by atoms with van der Waals surface area (Å²) in [5, 5.41) is 7.28. The van der Waals surface area contributed by atoms with Crippen LogP contribution in [0.25, 0.3) is 0 Å². The van der Waals surface area contributed by atoms with E-state index in [0.717, 1.165) is 24.8 Å². The van der Waals surface area contributed by atoms with E-state index >= 15 is 0 Å². The van der Waals surface area contributed by atoms with Gasteiger partial charge in [-0.05, 0) is 88.7 Å². The first-order valence-corrected chi connectivity index (χ1v) is 11.1. The van der Waals surface area contributed by atoms with Gasteiger partial charge in [-0.15, -0.1) is 0 Å². The number of nitrogens with zero attached hydrogens (tertiary/aromatic N) is 3. The van der Waals surface area contributed by atoms with Crippen molar-refractivity contribution in [2.75, 3.05) is 39.3 Å². The van der Waals surface area contributed by atoms with Crippen LogP contribution in [0.3, 0.4) is 0 Å². The molecule has 0 spiro atoms. The summed E-state index contributed by atoms with van der Waals surface area (Å²) in [5.74, 6) is 2.42. The Balaban J connectivity index is 1.28. The van der Waals surface area contributed by atoms with Gasteiger partial charge in [-0.1, -0.05) is 6.92 Å². The molecule has 4 unspecified atom stereocenters. The zero-order chi connectivity index (χ0) is 18.6. The summed E-state index contributed by atoms with van der Waals surface area (Å²) in [7, 11) is 0. The predicted molar refractivity (Wildman–Crippen MR) is 112 cm³/mol. The number of aliphatic imine (C=N–C) groups is 1. The van der Waals surface area contributed by atoms with E-state index in [1.165, 1.54) is 58.4 Å². The molecule has 3 saturated heterocycles. The Kier molecular flexibility index (Phi) is 6.48. The molecule has 4 heterocycles. The Bertz CT molecular complexity index is 521. The average molecular weight is 375 g/mol. The number of piperidine rings is 2. The third kappa shape index (κ3) is 4.56. The van der Waals surface area contributed by atoms with Gasteiger partial charge in [0, 0.05) is 31.0 Å². The minimum Gasteiger partial charge on any atom is -0.340 e. The smallest absolute Gasteiger partial charge is 0.173 e. The fraction of sp³-hybridized carbons (Fsp3) is 0.857. The molecule has 4 aliphatic rings. The highest BCUT2D eigenvalue weighted by Gasteiger charge is 2.39. The molecular weight excluding hydrogens is 336 g/mol. The lowest BCUT2D eigenvalue weighted by Crippen LogP contribution is -2.53. The molecule has 0 aliphatic carbocycles. The van der Waals surface area contributed by atoms with Crippen molar-refractivity contribution in [3.05, 3.63) is 12.3 Å². The topological polar surface area (TPSA) is 68.9 Å². The molecule has 27 heavy (non-hydrogen) atoms.